The van der Waals surface area contributed by atoms with E-state index < -0.39 is 6.10 Å². The van der Waals surface area contributed by atoms with E-state index in [-0.39, 0.29) is 0 Å². The average molecular weight is 341 g/mol. The van der Waals surface area contributed by atoms with Crippen molar-refractivity contribution in [2.24, 2.45) is 0 Å². The van der Waals surface area contributed by atoms with Gasteiger partial charge in [-0.25, -0.2) is 0 Å². The largest absolute Gasteiger partial charge is 0.389 e. The lowest BCUT2D eigenvalue weighted by Gasteiger charge is -2.13. The van der Waals surface area contributed by atoms with E-state index in [1.165, 1.54) is 0 Å². The Morgan fingerprint density at radius 2 is 1.90 bits per heavy atom. The molecule has 6 heteroatoms. The Kier molecular flexibility index (Phi) is 5.42. The van der Waals surface area contributed by atoms with Gasteiger partial charge in [0.05, 0.1) is 16.8 Å². The molecular weight excluding hydrogens is 327 g/mol. The van der Waals surface area contributed by atoms with Gasteiger partial charge in [0.25, 0.3) is 0 Å². The van der Waals surface area contributed by atoms with Crippen LogP contribution < -0.4 is 10.6 Å². The lowest BCUT2D eigenvalue weighted by Crippen LogP contribution is -2.19. The summed E-state index contributed by atoms with van der Waals surface area (Å²) in [6.07, 6.45) is -0.529. The highest BCUT2D eigenvalue weighted by atomic mass is 35.5. The topological polar surface area (TPSA) is 44.3 Å². The van der Waals surface area contributed by atoms with Gasteiger partial charge in [0.15, 0.2) is 5.11 Å². The van der Waals surface area contributed by atoms with Crippen LogP contribution in [0.5, 0.6) is 0 Å². The molecule has 1 atom stereocenters. The van der Waals surface area contributed by atoms with E-state index in [2.05, 4.69) is 10.6 Å². The van der Waals surface area contributed by atoms with E-state index >= 15 is 0 Å². The highest BCUT2D eigenvalue weighted by Crippen LogP contribution is 2.25. The van der Waals surface area contributed by atoms with Crippen LogP contribution in [0.1, 0.15) is 18.6 Å². The molecule has 0 aliphatic rings. The molecule has 2 aromatic rings. The van der Waals surface area contributed by atoms with Crippen LogP contribution in [0.4, 0.5) is 11.4 Å². The van der Waals surface area contributed by atoms with Gasteiger partial charge < -0.3 is 15.7 Å². The molecule has 0 aliphatic heterocycles. The Morgan fingerprint density at radius 1 is 1.14 bits per heavy atom. The molecule has 0 radical (unpaired) electrons. The fourth-order valence-corrected chi connectivity index (χ4v) is 2.44. The fraction of sp³-hybridized carbons (Fsp3) is 0.133. The zero-order valence-electron chi connectivity index (χ0n) is 11.2. The van der Waals surface area contributed by atoms with Crippen LogP contribution >= 0.6 is 35.4 Å². The molecule has 3 N–H and O–H groups in total. The first kappa shape index (κ1) is 16.0. The third-order valence-corrected chi connectivity index (χ3v) is 3.56. The SMILES string of the molecule is C[C@@H](O)c1cccc(NC(=S)Nc2ccc(Cl)cc2Cl)c1. The smallest absolute Gasteiger partial charge is 0.175 e. The number of hydrogen-bond acceptors (Lipinski definition) is 2. The van der Waals surface area contributed by atoms with Gasteiger partial charge in [-0.2, -0.15) is 0 Å². The number of halogens is 2. The first-order valence-electron chi connectivity index (χ1n) is 6.27. The predicted molar refractivity (Wildman–Crippen MR) is 93.4 cm³/mol. The first-order valence-corrected chi connectivity index (χ1v) is 7.43. The molecule has 0 saturated carbocycles. The number of rotatable bonds is 3. The van der Waals surface area contributed by atoms with E-state index in [0.717, 1.165) is 11.3 Å². The highest BCUT2D eigenvalue weighted by molar-refractivity contribution is 7.80. The summed E-state index contributed by atoms with van der Waals surface area (Å²) < 4.78 is 0. The summed E-state index contributed by atoms with van der Waals surface area (Å²) in [4.78, 5) is 0. The second-order valence-electron chi connectivity index (χ2n) is 4.50. The molecular formula is C15H14Cl2N2OS. The quantitative estimate of drug-likeness (QED) is 0.698. The van der Waals surface area contributed by atoms with Gasteiger partial charge in [-0.3, -0.25) is 0 Å². The van der Waals surface area contributed by atoms with Crippen molar-refractivity contribution >= 4 is 51.9 Å². The number of nitrogens with one attached hydrogen (secondary N) is 2. The van der Waals surface area contributed by atoms with Crippen molar-refractivity contribution in [3.63, 3.8) is 0 Å². The van der Waals surface area contributed by atoms with E-state index in [1.54, 1.807) is 25.1 Å². The predicted octanol–water partition coefficient (Wildman–Crippen LogP) is 4.86. The summed E-state index contributed by atoms with van der Waals surface area (Å²) in [5.41, 5.74) is 2.27. The summed E-state index contributed by atoms with van der Waals surface area (Å²) in [5.74, 6) is 0. The lowest BCUT2D eigenvalue weighted by molar-refractivity contribution is 0.199. The van der Waals surface area contributed by atoms with Crippen LogP contribution in [0, 0.1) is 0 Å². The maximum Gasteiger partial charge on any atom is 0.175 e. The van der Waals surface area contributed by atoms with Crippen LogP contribution in [-0.2, 0) is 0 Å². The number of hydrogen-bond donors (Lipinski definition) is 3. The molecule has 2 aromatic carbocycles. The minimum Gasteiger partial charge on any atom is -0.389 e. The number of aliphatic hydroxyl groups is 1. The van der Waals surface area contributed by atoms with Crippen molar-refractivity contribution in [2.75, 3.05) is 10.6 Å². The van der Waals surface area contributed by atoms with Gasteiger partial charge in [-0.1, -0.05) is 35.3 Å². The van der Waals surface area contributed by atoms with E-state index in [9.17, 15) is 5.11 Å². The summed E-state index contributed by atoms with van der Waals surface area (Å²) in [6.45, 7) is 1.71. The molecule has 0 bridgehead atoms. The monoisotopic (exact) mass is 340 g/mol. The Labute approximate surface area is 138 Å². The third kappa shape index (κ3) is 4.58. The van der Waals surface area contributed by atoms with Gasteiger partial charge in [0.2, 0.25) is 0 Å². The van der Waals surface area contributed by atoms with Crippen LogP contribution in [-0.4, -0.2) is 10.2 Å². The van der Waals surface area contributed by atoms with E-state index in [4.69, 9.17) is 35.4 Å². The Bertz CT molecular complexity index is 662. The molecule has 110 valence electrons. The van der Waals surface area contributed by atoms with Gasteiger partial charge in [-0.05, 0) is 55.0 Å². The second kappa shape index (κ2) is 7.09. The fourth-order valence-electron chi connectivity index (χ4n) is 1.75. The van der Waals surface area contributed by atoms with Gasteiger partial charge in [0.1, 0.15) is 0 Å². The number of aliphatic hydroxyl groups excluding tert-OH is 1. The highest BCUT2D eigenvalue weighted by Gasteiger charge is 2.05. The van der Waals surface area contributed by atoms with Crippen molar-refractivity contribution < 1.29 is 5.11 Å². The molecule has 0 saturated heterocycles. The van der Waals surface area contributed by atoms with Gasteiger partial charge >= 0.3 is 0 Å². The van der Waals surface area contributed by atoms with Crippen molar-refractivity contribution in [3.05, 3.63) is 58.1 Å². The van der Waals surface area contributed by atoms with Gasteiger partial charge in [-0.15, -0.1) is 0 Å². The average Bonchev–Trinajstić information content (AvgIpc) is 2.42. The molecule has 0 aromatic heterocycles. The zero-order valence-corrected chi connectivity index (χ0v) is 13.6. The molecule has 21 heavy (non-hydrogen) atoms. The van der Waals surface area contributed by atoms with Crippen molar-refractivity contribution in [1.82, 2.24) is 0 Å². The molecule has 0 heterocycles. The van der Waals surface area contributed by atoms with Gasteiger partial charge in [0, 0.05) is 10.7 Å². The Balaban J connectivity index is 2.06. The van der Waals surface area contributed by atoms with Crippen molar-refractivity contribution in [3.8, 4) is 0 Å². The molecule has 2 rings (SSSR count). The maximum atomic E-state index is 9.57. The molecule has 0 unspecified atom stereocenters. The summed E-state index contributed by atoms with van der Waals surface area (Å²) in [7, 11) is 0. The Morgan fingerprint density at radius 3 is 2.57 bits per heavy atom. The van der Waals surface area contributed by atoms with Crippen molar-refractivity contribution in [1.29, 1.82) is 0 Å². The first-order chi connectivity index (χ1) is 9.95. The molecule has 0 aliphatic carbocycles. The zero-order chi connectivity index (χ0) is 15.4. The van der Waals surface area contributed by atoms with Crippen LogP contribution in [0.25, 0.3) is 0 Å². The maximum absolute atomic E-state index is 9.57. The second-order valence-corrected chi connectivity index (χ2v) is 5.76. The number of benzene rings is 2. The molecule has 3 nitrogen and oxygen atoms in total. The number of thiocarbonyl (C=S) groups is 1. The van der Waals surface area contributed by atoms with Crippen LogP contribution in [0.2, 0.25) is 10.0 Å². The standard InChI is InChI=1S/C15H14Cl2N2OS/c1-9(20)10-3-2-4-12(7-10)18-15(21)19-14-6-5-11(16)8-13(14)17/h2-9,20H,1H3,(H2,18,19,21)/t9-/m1/s1. The summed E-state index contributed by atoms with van der Waals surface area (Å²) in [6, 6.07) is 12.5. The van der Waals surface area contributed by atoms with Crippen LogP contribution in [0.3, 0.4) is 0 Å². The lowest BCUT2D eigenvalue weighted by atomic mass is 10.1. The molecule has 0 fully saturated rings. The third-order valence-electron chi connectivity index (χ3n) is 2.81. The Hall–Kier alpha value is -1.33. The molecule has 0 amide bonds. The summed E-state index contributed by atoms with van der Waals surface area (Å²) >= 11 is 17.2. The van der Waals surface area contributed by atoms with Crippen LogP contribution in [0.15, 0.2) is 42.5 Å². The van der Waals surface area contributed by atoms with Crippen molar-refractivity contribution in [2.45, 2.75) is 13.0 Å². The van der Waals surface area contributed by atoms with E-state index in [0.29, 0.717) is 20.8 Å². The minimum atomic E-state index is -0.529. The number of anilines is 2. The van der Waals surface area contributed by atoms with E-state index in [1.807, 2.05) is 24.3 Å². The summed E-state index contributed by atoms with van der Waals surface area (Å²) in [5, 5.41) is 17.1. The normalized spacial score (nSPS) is 11.8. The minimum absolute atomic E-state index is 0.405. The molecule has 0 spiro atoms.